The van der Waals surface area contributed by atoms with Crippen molar-refractivity contribution in [3.05, 3.63) is 12.0 Å². The molecule has 2 aromatic heterocycles. The standard InChI is InChI=1S/C11H16N6O2S/c1-20-2-4-9(18)10(19)7(15-4)6-5-8(17-16-6)11(12)14-3-13-5/h3-4,7,9-10,15,18-19H,2H2,1H3,(H,16,17)(H2,12,13,14). The van der Waals surface area contributed by atoms with Gasteiger partial charge < -0.3 is 21.3 Å². The zero-order valence-electron chi connectivity index (χ0n) is 10.8. The van der Waals surface area contributed by atoms with Gasteiger partial charge in [-0.05, 0) is 6.26 Å². The molecule has 108 valence electrons. The highest BCUT2D eigenvalue weighted by Gasteiger charge is 2.43. The van der Waals surface area contributed by atoms with Gasteiger partial charge in [-0.2, -0.15) is 16.9 Å². The maximum Gasteiger partial charge on any atom is 0.155 e. The van der Waals surface area contributed by atoms with Gasteiger partial charge >= 0.3 is 0 Å². The molecule has 6 N–H and O–H groups in total. The SMILES string of the molecule is CSCC1NC(c2[nH]nc3c(N)ncnc23)C(O)C1O. The van der Waals surface area contributed by atoms with Crippen LogP contribution in [0.1, 0.15) is 11.7 Å². The molecule has 1 aliphatic heterocycles. The van der Waals surface area contributed by atoms with Gasteiger partial charge in [0.2, 0.25) is 0 Å². The van der Waals surface area contributed by atoms with E-state index in [1.54, 1.807) is 11.8 Å². The number of aliphatic hydroxyl groups is 2. The number of aromatic amines is 1. The third-order valence-electron chi connectivity index (χ3n) is 3.55. The molecule has 0 saturated carbocycles. The summed E-state index contributed by atoms with van der Waals surface area (Å²) in [6, 6.07) is -0.635. The minimum atomic E-state index is -0.924. The molecule has 8 nitrogen and oxygen atoms in total. The lowest BCUT2D eigenvalue weighted by molar-refractivity contribution is 0.0303. The van der Waals surface area contributed by atoms with Gasteiger partial charge in [-0.15, -0.1) is 0 Å². The zero-order valence-corrected chi connectivity index (χ0v) is 11.6. The fourth-order valence-electron chi connectivity index (χ4n) is 2.53. The molecule has 3 heterocycles. The molecule has 0 aliphatic carbocycles. The van der Waals surface area contributed by atoms with Crippen molar-refractivity contribution in [1.82, 2.24) is 25.5 Å². The first-order valence-corrected chi connectivity index (χ1v) is 7.58. The van der Waals surface area contributed by atoms with Gasteiger partial charge in [-0.3, -0.25) is 5.10 Å². The molecule has 1 saturated heterocycles. The average molecular weight is 296 g/mol. The number of H-pyrrole nitrogens is 1. The summed E-state index contributed by atoms with van der Waals surface area (Å²) >= 11 is 1.60. The van der Waals surface area contributed by atoms with Crippen molar-refractivity contribution >= 4 is 28.6 Å². The molecule has 1 aliphatic rings. The highest BCUT2D eigenvalue weighted by Crippen LogP contribution is 2.31. The Morgan fingerprint density at radius 2 is 2.10 bits per heavy atom. The Morgan fingerprint density at radius 3 is 2.85 bits per heavy atom. The van der Waals surface area contributed by atoms with Gasteiger partial charge in [-0.1, -0.05) is 0 Å². The molecule has 0 radical (unpaired) electrons. The summed E-state index contributed by atoms with van der Waals surface area (Å²) in [7, 11) is 0. The van der Waals surface area contributed by atoms with E-state index in [0.717, 1.165) is 0 Å². The molecular formula is C11H16N6O2S. The number of hydrogen-bond donors (Lipinski definition) is 5. The van der Waals surface area contributed by atoms with Crippen LogP contribution in [-0.4, -0.2) is 60.6 Å². The molecule has 0 bridgehead atoms. The number of fused-ring (bicyclic) bond motifs is 1. The van der Waals surface area contributed by atoms with Crippen LogP contribution in [0.25, 0.3) is 11.0 Å². The molecule has 2 aromatic rings. The molecule has 9 heteroatoms. The van der Waals surface area contributed by atoms with E-state index in [1.807, 2.05) is 6.26 Å². The number of aliphatic hydroxyl groups excluding tert-OH is 2. The normalized spacial score (nSPS) is 30.1. The van der Waals surface area contributed by atoms with Crippen LogP contribution in [0.5, 0.6) is 0 Å². The van der Waals surface area contributed by atoms with Crippen LogP contribution in [0.3, 0.4) is 0 Å². The number of nitrogen functional groups attached to an aromatic ring is 1. The van der Waals surface area contributed by atoms with Crippen molar-refractivity contribution in [2.45, 2.75) is 24.3 Å². The van der Waals surface area contributed by atoms with Gasteiger partial charge in [0.1, 0.15) is 17.9 Å². The minimum Gasteiger partial charge on any atom is -0.389 e. The summed E-state index contributed by atoms with van der Waals surface area (Å²) in [5, 5.41) is 30.4. The molecular weight excluding hydrogens is 280 g/mol. The summed E-state index contributed by atoms with van der Waals surface area (Å²) in [5.41, 5.74) is 7.38. The van der Waals surface area contributed by atoms with Crippen LogP contribution in [0, 0.1) is 0 Å². The summed E-state index contributed by atoms with van der Waals surface area (Å²) in [6.45, 7) is 0. The van der Waals surface area contributed by atoms with E-state index in [9.17, 15) is 10.2 Å². The van der Waals surface area contributed by atoms with E-state index in [1.165, 1.54) is 6.33 Å². The fourth-order valence-corrected chi connectivity index (χ4v) is 3.18. The molecule has 0 spiro atoms. The van der Waals surface area contributed by atoms with Gasteiger partial charge in [0, 0.05) is 11.8 Å². The van der Waals surface area contributed by atoms with E-state index in [-0.39, 0.29) is 11.9 Å². The number of nitrogens with zero attached hydrogens (tertiary/aromatic N) is 3. The van der Waals surface area contributed by atoms with E-state index in [2.05, 4.69) is 25.5 Å². The number of aromatic nitrogens is 4. The number of nitrogens with one attached hydrogen (secondary N) is 2. The van der Waals surface area contributed by atoms with Crippen LogP contribution in [0.2, 0.25) is 0 Å². The Bertz CT molecular complexity index is 620. The van der Waals surface area contributed by atoms with Crippen LogP contribution >= 0.6 is 11.8 Å². The minimum absolute atomic E-state index is 0.178. The van der Waals surface area contributed by atoms with Crippen molar-refractivity contribution < 1.29 is 10.2 Å². The lowest BCUT2D eigenvalue weighted by Gasteiger charge is -2.14. The summed E-state index contributed by atoms with van der Waals surface area (Å²) in [6.07, 6.45) is 1.55. The predicted octanol–water partition coefficient (Wildman–Crippen LogP) is -0.967. The second-order valence-electron chi connectivity index (χ2n) is 4.78. The number of hydrogen-bond acceptors (Lipinski definition) is 8. The number of thioether (sulfide) groups is 1. The van der Waals surface area contributed by atoms with Crippen LogP contribution < -0.4 is 11.1 Å². The molecule has 1 fully saturated rings. The van der Waals surface area contributed by atoms with E-state index >= 15 is 0 Å². The number of nitrogens with two attached hydrogens (primary N) is 1. The zero-order chi connectivity index (χ0) is 14.3. The largest absolute Gasteiger partial charge is 0.389 e. The smallest absolute Gasteiger partial charge is 0.155 e. The van der Waals surface area contributed by atoms with Crippen molar-refractivity contribution in [1.29, 1.82) is 0 Å². The lowest BCUT2D eigenvalue weighted by Crippen LogP contribution is -2.34. The van der Waals surface area contributed by atoms with Crippen molar-refractivity contribution in [2.24, 2.45) is 0 Å². The highest BCUT2D eigenvalue weighted by molar-refractivity contribution is 7.98. The van der Waals surface area contributed by atoms with E-state index in [0.29, 0.717) is 22.5 Å². The second-order valence-corrected chi connectivity index (χ2v) is 5.69. The Labute approximate surface area is 119 Å². The third kappa shape index (κ3) is 2.03. The maximum absolute atomic E-state index is 10.2. The van der Waals surface area contributed by atoms with Crippen molar-refractivity contribution in [2.75, 3.05) is 17.7 Å². The lowest BCUT2D eigenvalue weighted by atomic mass is 10.1. The fraction of sp³-hybridized carbons (Fsp3) is 0.545. The first-order valence-electron chi connectivity index (χ1n) is 6.19. The summed E-state index contributed by atoms with van der Waals surface area (Å²) in [5.74, 6) is 0.990. The van der Waals surface area contributed by atoms with Crippen LogP contribution in [-0.2, 0) is 0 Å². The monoisotopic (exact) mass is 296 g/mol. The molecule has 20 heavy (non-hydrogen) atoms. The van der Waals surface area contributed by atoms with Gasteiger partial charge in [-0.25, -0.2) is 9.97 Å². The first kappa shape index (κ1) is 13.6. The average Bonchev–Trinajstić information content (AvgIpc) is 2.97. The van der Waals surface area contributed by atoms with Crippen molar-refractivity contribution in [3.8, 4) is 0 Å². The topological polar surface area (TPSA) is 133 Å². The molecule has 0 aromatic carbocycles. The number of rotatable bonds is 3. The summed E-state index contributed by atoms with van der Waals surface area (Å²) < 4.78 is 0. The Hall–Kier alpha value is -1.42. The quantitative estimate of drug-likeness (QED) is 0.489. The van der Waals surface area contributed by atoms with Gasteiger partial charge in [0.25, 0.3) is 0 Å². The molecule has 3 rings (SSSR count). The summed E-state index contributed by atoms with van der Waals surface area (Å²) in [4.78, 5) is 8.03. The Morgan fingerprint density at radius 1 is 1.30 bits per heavy atom. The molecule has 0 amide bonds. The van der Waals surface area contributed by atoms with E-state index in [4.69, 9.17) is 5.73 Å². The molecule has 4 unspecified atom stereocenters. The molecule has 4 atom stereocenters. The maximum atomic E-state index is 10.2. The highest BCUT2D eigenvalue weighted by atomic mass is 32.2. The van der Waals surface area contributed by atoms with Gasteiger partial charge in [0.15, 0.2) is 11.3 Å². The second kappa shape index (κ2) is 5.17. The Balaban J connectivity index is 1.97. The first-order chi connectivity index (χ1) is 9.63. The predicted molar refractivity (Wildman–Crippen MR) is 76.2 cm³/mol. The van der Waals surface area contributed by atoms with Crippen LogP contribution in [0.15, 0.2) is 6.33 Å². The van der Waals surface area contributed by atoms with E-state index < -0.39 is 18.2 Å². The third-order valence-corrected chi connectivity index (χ3v) is 4.24. The number of anilines is 1. The van der Waals surface area contributed by atoms with Crippen LogP contribution in [0.4, 0.5) is 5.82 Å². The van der Waals surface area contributed by atoms with Crippen molar-refractivity contribution in [3.63, 3.8) is 0 Å². The van der Waals surface area contributed by atoms with Gasteiger partial charge in [0.05, 0.1) is 17.8 Å². The Kier molecular flexibility index (Phi) is 3.50.